The molecule has 1 unspecified atom stereocenters. The van der Waals surface area contributed by atoms with Crippen LogP contribution in [0.4, 0.5) is 5.69 Å². The van der Waals surface area contributed by atoms with Crippen LogP contribution in [0.5, 0.6) is 0 Å². The molecule has 0 aromatic heterocycles. The van der Waals surface area contributed by atoms with E-state index in [-0.39, 0.29) is 0 Å². The van der Waals surface area contributed by atoms with Crippen molar-refractivity contribution in [1.82, 2.24) is 0 Å². The number of fused-ring (bicyclic) bond motifs is 1. The maximum atomic E-state index is 10.8. The molecule has 2 rings (SSSR count). The van der Waals surface area contributed by atoms with Gasteiger partial charge in [-0.15, -0.1) is 0 Å². The predicted molar refractivity (Wildman–Crippen MR) is 69.6 cm³/mol. The van der Waals surface area contributed by atoms with Crippen LogP contribution in [-0.4, -0.2) is 18.5 Å². The van der Waals surface area contributed by atoms with Gasteiger partial charge in [0.05, 0.1) is 0 Å². The van der Waals surface area contributed by atoms with Gasteiger partial charge in [-0.05, 0) is 11.5 Å². The van der Waals surface area contributed by atoms with Crippen molar-refractivity contribution < 1.29 is 4.79 Å². The third-order valence-corrected chi connectivity index (χ3v) is 2.67. The molecule has 4 heteroatoms. The molecule has 2 aromatic rings. The zero-order valence-corrected chi connectivity index (χ0v) is 9.39. The van der Waals surface area contributed by atoms with Crippen LogP contribution in [0.2, 0.25) is 0 Å². The second-order valence-corrected chi connectivity index (χ2v) is 3.92. The smallest absolute Gasteiger partial charge is 0.236 e. The van der Waals surface area contributed by atoms with Crippen LogP contribution in [0, 0.1) is 0 Å². The molecule has 4 nitrogen and oxygen atoms in total. The van der Waals surface area contributed by atoms with Gasteiger partial charge in [-0.1, -0.05) is 36.4 Å². The van der Waals surface area contributed by atoms with Crippen molar-refractivity contribution in [3.63, 3.8) is 0 Å². The highest BCUT2D eigenvalue weighted by molar-refractivity contribution is 5.94. The summed E-state index contributed by atoms with van der Waals surface area (Å²) in [6.45, 7) is 0.337. The van der Waals surface area contributed by atoms with E-state index in [0.717, 1.165) is 16.5 Å². The Morgan fingerprint density at radius 3 is 2.65 bits per heavy atom. The highest BCUT2D eigenvalue weighted by Gasteiger charge is 2.08. The van der Waals surface area contributed by atoms with Crippen LogP contribution in [0.15, 0.2) is 42.5 Å². The van der Waals surface area contributed by atoms with Crippen LogP contribution >= 0.6 is 0 Å². The van der Waals surface area contributed by atoms with Crippen LogP contribution in [0.3, 0.4) is 0 Å². The van der Waals surface area contributed by atoms with Gasteiger partial charge in [0, 0.05) is 17.6 Å². The molecule has 1 atom stereocenters. The van der Waals surface area contributed by atoms with Gasteiger partial charge < -0.3 is 16.8 Å². The molecule has 0 aliphatic heterocycles. The largest absolute Gasteiger partial charge is 0.382 e. The Morgan fingerprint density at radius 2 is 1.88 bits per heavy atom. The van der Waals surface area contributed by atoms with E-state index in [9.17, 15) is 4.79 Å². The lowest BCUT2D eigenvalue weighted by atomic mass is 10.1. The van der Waals surface area contributed by atoms with E-state index < -0.39 is 11.9 Å². The number of carbonyl (C=O) groups is 1. The standard InChI is InChI=1S/C13H15N3O/c14-11(13(15)17)8-16-12-7-3-5-9-4-1-2-6-10(9)12/h1-7,11,16H,8,14H2,(H2,15,17). The zero-order valence-electron chi connectivity index (χ0n) is 9.39. The molecular formula is C13H15N3O. The van der Waals surface area contributed by atoms with Gasteiger partial charge in [0.25, 0.3) is 0 Å². The summed E-state index contributed by atoms with van der Waals surface area (Å²) in [5.41, 5.74) is 11.6. The molecule has 0 radical (unpaired) electrons. The van der Waals surface area contributed by atoms with E-state index >= 15 is 0 Å². The third-order valence-electron chi connectivity index (χ3n) is 2.67. The summed E-state index contributed by atoms with van der Waals surface area (Å²) in [6.07, 6.45) is 0. The number of hydrogen-bond acceptors (Lipinski definition) is 3. The number of rotatable bonds is 4. The molecule has 17 heavy (non-hydrogen) atoms. The number of anilines is 1. The van der Waals surface area contributed by atoms with Crippen molar-refractivity contribution in [2.75, 3.05) is 11.9 Å². The van der Waals surface area contributed by atoms with Gasteiger partial charge in [-0.25, -0.2) is 0 Å². The first kappa shape index (κ1) is 11.4. The lowest BCUT2D eigenvalue weighted by Gasteiger charge is -2.12. The van der Waals surface area contributed by atoms with E-state index in [0.29, 0.717) is 6.54 Å². The first-order valence-electron chi connectivity index (χ1n) is 5.45. The van der Waals surface area contributed by atoms with Crippen LogP contribution < -0.4 is 16.8 Å². The lowest BCUT2D eigenvalue weighted by Crippen LogP contribution is -2.41. The maximum Gasteiger partial charge on any atom is 0.236 e. The average Bonchev–Trinajstić information content (AvgIpc) is 2.35. The molecule has 0 aliphatic carbocycles. The molecule has 1 amide bonds. The topological polar surface area (TPSA) is 81.1 Å². The number of nitrogens with one attached hydrogen (secondary N) is 1. The monoisotopic (exact) mass is 229 g/mol. The number of amides is 1. The number of nitrogens with two attached hydrogens (primary N) is 2. The highest BCUT2D eigenvalue weighted by Crippen LogP contribution is 2.22. The molecule has 0 fully saturated rings. The number of hydrogen-bond donors (Lipinski definition) is 3. The summed E-state index contributed by atoms with van der Waals surface area (Å²) in [7, 11) is 0. The number of primary amides is 1. The van der Waals surface area contributed by atoms with Crippen molar-refractivity contribution in [1.29, 1.82) is 0 Å². The number of benzene rings is 2. The van der Waals surface area contributed by atoms with Gasteiger partial charge >= 0.3 is 0 Å². The molecule has 2 aromatic carbocycles. The first-order chi connectivity index (χ1) is 8.18. The summed E-state index contributed by atoms with van der Waals surface area (Å²) >= 11 is 0. The fourth-order valence-electron chi connectivity index (χ4n) is 1.70. The maximum absolute atomic E-state index is 10.8. The lowest BCUT2D eigenvalue weighted by molar-refractivity contribution is -0.118. The van der Waals surface area contributed by atoms with E-state index in [1.54, 1.807) is 0 Å². The van der Waals surface area contributed by atoms with Crippen LogP contribution in [-0.2, 0) is 4.79 Å². The predicted octanol–water partition coefficient (Wildman–Crippen LogP) is 1.06. The Labute approximate surface area is 99.6 Å². The molecule has 0 spiro atoms. The molecule has 88 valence electrons. The van der Waals surface area contributed by atoms with Crippen molar-refractivity contribution in [3.05, 3.63) is 42.5 Å². The minimum Gasteiger partial charge on any atom is -0.382 e. The van der Waals surface area contributed by atoms with Crippen molar-refractivity contribution in [3.8, 4) is 0 Å². The van der Waals surface area contributed by atoms with Crippen molar-refractivity contribution in [2.45, 2.75) is 6.04 Å². The van der Waals surface area contributed by atoms with Crippen molar-refractivity contribution >= 4 is 22.4 Å². The summed E-state index contributed by atoms with van der Waals surface area (Å²) in [5.74, 6) is -0.502. The summed E-state index contributed by atoms with van der Waals surface area (Å²) in [6, 6.07) is 13.3. The Kier molecular flexibility index (Phi) is 3.25. The Bertz CT molecular complexity index is 534. The van der Waals surface area contributed by atoms with E-state index in [1.807, 2.05) is 42.5 Å². The Morgan fingerprint density at radius 1 is 1.18 bits per heavy atom. The van der Waals surface area contributed by atoms with Gasteiger partial charge in [-0.3, -0.25) is 4.79 Å². The summed E-state index contributed by atoms with van der Waals surface area (Å²) < 4.78 is 0. The van der Waals surface area contributed by atoms with E-state index in [2.05, 4.69) is 5.32 Å². The summed E-state index contributed by atoms with van der Waals surface area (Å²) in [4.78, 5) is 10.8. The average molecular weight is 229 g/mol. The quantitative estimate of drug-likeness (QED) is 0.733. The minimum absolute atomic E-state index is 0.337. The molecule has 0 bridgehead atoms. The fourth-order valence-corrected chi connectivity index (χ4v) is 1.70. The molecule has 0 saturated carbocycles. The second-order valence-electron chi connectivity index (χ2n) is 3.92. The summed E-state index contributed by atoms with van der Waals surface area (Å²) in [5, 5.41) is 5.39. The molecule has 0 saturated heterocycles. The third kappa shape index (κ3) is 2.54. The first-order valence-corrected chi connectivity index (χ1v) is 5.45. The van der Waals surface area contributed by atoms with Crippen molar-refractivity contribution in [2.24, 2.45) is 11.5 Å². The molecule has 5 N–H and O–H groups in total. The highest BCUT2D eigenvalue weighted by atomic mass is 16.1. The fraction of sp³-hybridized carbons (Fsp3) is 0.154. The van der Waals surface area contributed by atoms with Gasteiger partial charge in [0.15, 0.2) is 0 Å². The van der Waals surface area contributed by atoms with Gasteiger partial charge in [0.1, 0.15) is 6.04 Å². The van der Waals surface area contributed by atoms with E-state index in [4.69, 9.17) is 11.5 Å². The van der Waals surface area contributed by atoms with E-state index in [1.165, 1.54) is 0 Å². The van der Waals surface area contributed by atoms with Crippen LogP contribution in [0.1, 0.15) is 0 Å². The molecule has 0 heterocycles. The Hall–Kier alpha value is -2.07. The number of carbonyl (C=O) groups excluding carboxylic acids is 1. The Balaban J connectivity index is 2.21. The molecular weight excluding hydrogens is 214 g/mol. The van der Waals surface area contributed by atoms with Gasteiger partial charge in [-0.2, -0.15) is 0 Å². The SMILES string of the molecule is NC(=O)C(N)CNc1cccc2ccccc12. The zero-order chi connectivity index (χ0) is 12.3. The minimum atomic E-state index is -0.672. The van der Waals surface area contributed by atoms with Crippen LogP contribution in [0.25, 0.3) is 10.8 Å². The van der Waals surface area contributed by atoms with Gasteiger partial charge in [0.2, 0.25) is 5.91 Å². The second kappa shape index (κ2) is 4.84. The normalized spacial score (nSPS) is 12.3. The molecule has 0 aliphatic rings.